The molecule has 0 spiro atoms. The van der Waals surface area contributed by atoms with Crippen LogP contribution in [0.25, 0.3) is 0 Å². The van der Waals surface area contributed by atoms with Crippen LogP contribution < -0.4 is 5.32 Å². The molecule has 0 saturated carbocycles. The van der Waals surface area contributed by atoms with E-state index in [0.29, 0.717) is 36.2 Å². The van der Waals surface area contributed by atoms with Gasteiger partial charge in [-0.05, 0) is 31.9 Å². The van der Waals surface area contributed by atoms with Crippen molar-refractivity contribution in [3.63, 3.8) is 0 Å². The zero-order chi connectivity index (χ0) is 20.1. The first kappa shape index (κ1) is 20.2. The van der Waals surface area contributed by atoms with Crippen LogP contribution in [0.5, 0.6) is 0 Å². The van der Waals surface area contributed by atoms with Gasteiger partial charge in [0.2, 0.25) is 15.9 Å². The fraction of sp³-hybridized carbons (Fsp3) is 0.333. The van der Waals surface area contributed by atoms with Crippen molar-refractivity contribution in [2.75, 3.05) is 24.2 Å². The first-order chi connectivity index (χ1) is 13.4. The molecule has 1 saturated heterocycles. The average Bonchev–Trinajstić information content (AvgIpc) is 2.74. The summed E-state index contributed by atoms with van der Waals surface area (Å²) in [7, 11) is -3.32. The number of hydrogen-bond donors (Lipinski definition) is 1. The van der Waals surface area contributed by atoms with Gasteiger partial charge in [-0.2, -0.15) is 0 Å². The molecule has 0 aromatic heterocycles. The fourth-order valence-corrected chi connectivity index (χ4v) is 4.54. The lowest BCUT2D eigenvalue weighted by atomic mass is 9.97. The number of anilines is 1. The van der Waals surface area contributed by atoms with Gasteiger partial charge in [-0.3, -0.25) is 9.59 Å². The molecule has 1 atom stereocenters. The Bertz CT molecular complexity index is 957. The highest BCUT2D eigenvalue weighted by Crippen LogP contribution is 2.24. The van der Waals surface area contributed by atoms with E-state index in [4.69, 9.17) is 0 Å². The van der Waals surface area contributed by atoms with Crippen LogP contribution in [0.2, 0.25) is 0 Å². The Hall–Kier alpha value is -2.51. The maximum atomic E-state index is 12.8. The third-order valence-corrected chi connectivity index (χ3v) is 6.83. The van der Waals surface area contributed by atoms with Gasteiger partial charge in [-0.25, -0.2) is 12.7 Å². The van der Waals surface area contributed by atoms with Gasteiger partial charge in [-0.1, -0.05) is 42.5 Å². The van der Waals surface area contributed by atoms with E-state index in [-0.39, 0.29) is 24.0 Å². The van der Waals surface area contributed by atoms with Gasteiger partial charge in [0.1, 0.15) is 0 Å². The molecule has 0 aliphatic carbocycles. The van der Waals surface area contributed by atoms with Crippen molar-refractivity contribution in [3.05, 3.63) is 65.7 Å². The molecule has 1 unspecified atom stereocenters. The highest BCUT2D eigenvalue weighted by atomic mass is 32.2. The summed E-state index contributed by atoms with van der Waals surface area (Å²) in [6.07, 6.45) is 1.26. The molecule has 1 aliphatic heterocycles. The molecule has 148 valence electrons. The Morgan fingerprint density at radius 2 is 1.75 bits per heavy atom. The standard InChI is InChI=1S/C21H24N2O4S/c1-2-28(26,27)23-14-8-11-17(15-23)21(25)22-19-13-7-6-12-18(19)20(24)16-9-4-3-5-10-16/h3-7,9-10,12-13,17H,2,8,11,14-15H2,1H3,(H,22,25). The van der Waals surface area contributed by atoms with E-state index in [1.54, 1.807) is 55.5 Å². The van der Waals surface area contributed by atoms with Crippen LogP contribution in [0.1, 0.15) is 35.7 Å². The quantitative estimate of drug-likeness (QED) is 0.756. The number of carbonyl (C=O) groups is 2. The predicted octanol–water partition coefficient (Wildman–Crippen LogP) is 2.92. The molecule has 6 nitrogen and oxygen atoms in total. The van der Waals surface area contributed by atoms with Crippen molar-refractivity contribution in [2.24, 2.45) is 5.92 Å². The largest absolute Gasteiger partial charge is 0.325 e. The number of nitrogens with one attached hydrogen (secondary N) is 1. The lowest BCUT2D eigenvalue weighted by Gasteiger charge is -2.31. The van der Waals surface area contributed by atoms with Gasteiger partial charge in [0.15, 0.2) is 5.78 Å². The summed E-state index contributed by atoms with van der Waals surface area (Å²) in [4.78, 5) is 25.6. The van der Waals surface area contributed by atoms with Crippen LogP contribution >= 0.6 is 0 Å². The average molecular weight is 401 g/mol. The minimum Gasteiger partial charge on any atom is -0.325 e. The molecular weight excluding hydrogens is 376 g/mol. The van der Waals surface area contributed by atoms with Crippen LogP contribution in [0.4, 0.5) is 5.69 Å². The van der Waals surface area contributed by atoms with Crippen molar-refractivity contribution < 1.29 is 18.0 Å². The number of amides is 1. The van der Waals surface area contributed by atoms with Crippen molar-refractivity contribution in [2.45, 2.75) is 19.8 Å². The van der Waals surface area contributed by atoms with Crippen molar-refractivity contribution >= 4 is 27.4 Å². The summed E-state index contributed by atoms with van der Waals surface area (Å²) < 4.78 is 25.7. The molecular formula is C21H24N2O4S. The number of ketones is 1. The minimum absolute atomic E-state index is 0.0236. The van der Waals surface area contributed by atoms with Gasteiger partial charge in [0.25, 0.3) is 0 Å². The van der Waals surface area contributed by atoms with E-state index >= 15 is 0 Å². The number of piperidine rings is 1. The summed E-state index contributed by atoms with van der Waals surface area (Å²) in [5.74, 6) is -0.843. The second-order valence-corrected chi connectivity index (χ2v) is 9.09. The molecule has 1 heterocycles. The smallest absolute Gasteiger partial charge is 0.228 e. The van der Waals surface area contributed by atoms with Gasteiger partial charge in [-0.15, -0.1) is 0 Å². The van der Waals surface area contributed by atoms with Crippen LogP contribution in [-0.2, 0) is 14.8 Å². The van der Waals surface area contributed by atoms with E-state index < -0.39 is 15.9 Å². The molecule has 7 heteroatoms. The second kappa shape index (κ2) is 8.67. The Labute approximate surface area is 165 Å². The van der Waals surface area contributed by atoms with Crippen LogP contribution in [0.15, 0.2) is 54.6 Å². The van der Waals surface area contributed by atoms with Crippen molar-refractivity contribution in [3.8, 4) is 0 Å². The highest BCUT2D eigenvalue weighted by Gasteiger charge is 2.31. The molecule has 2 aromatic carbocycles. The zero-order valence-corrected chi connectivity index (χ0v) is 16.6. The number of carbonyl (C=O) groups excluding carboxylic acids is 2. The Morgan fingerprint density at radius 1 is 1.07 bits per heavy atom. The molecule has 1 amide bonds. The van der Waals surface area contributed by atoms with E-state index in [2.05, 4.69) is 5.32 Å². The number of sulfonamides is 1. The normalized spacial score (nSPS) is 17.8. The predicted molar refractivity (Wildman–Crippen MR) is 109 cm³/mol. The molecule has 1 fully saturated rings. The number of benzene rings is 2. The van der Waals surface area contributed by atoms with Crippen LogP contribution in [-0.4, -0.2) is 43.3 Å². The maximum absolute atomic E-state index is 12.8. The van der Waals surface area contributed by atoms with Crippen molar-refractivity contribution in [1.29, 1.82) is 0 Å². The Balaban J connectivity index is 1.77. The molecule has 1 aliphatic rings. The summed E-state index contributed by atoms with van der Waals surface area (Å²) in [6.45, 7) is 2.23. The summed E-state index contributed by atoms with van der Waals surface area (Å²) in [5, 5.41) is 2.84. The third kappa shape index (κ3) is 4.48. The number of nitrogens with zero attached hydrogens (tertiary/aromatic N) is 1. The van der Waals surface area contributed by atoms with Gasteiger partial charge in [0, 0.05) is 24.2 Å². The lowest BCUT2D eigenvalue weighted by Crippen LogP contribution is -2.44. The van der Waals surface area contributed by atoms with Gasteiger partial charge >= 0.3 is 0 Å². The summed E-state index contributed by atoms with van der Waals surface area (Å²) in [6, 6.07) is 15.8. The van der Waals surface area contributed by atoms with E-state index in [1.807, 2.05) is 6.07 Å². The SMILES string of the molecule is CCS(=O)(=O)N1CCCC(C(=O)Nc2ccccc2C(=O)c2ccccc2)C1. The zero-order valence-electron chi connectivity index (χ0n) is 15.8. The van der Waals surface area contributed by atoms with Crippen molar-refractivity contribution in [1.82, 2.24) is 4.31 Å². The summed E-state index contributed by atoms with van der Waals surface area (Å²) >= 11 is 0. The topological polar surface area (TPSA) is 83.6 Å². The Morgan fingerprint density at radius 3 is 2.46 bits per heavy atom. The molecule has 1 N–H and O–H groups in total. The van der Waals surface area contributed by atoms with E-state index in [1.165, 1.54) is 4.31 Å². The van der Waals surface area contributed by atoms with E-state index in [9.17, 15) is 18.0 Å². The second-order valence-electron chi connectivity index (χ2n) is 6.83. The Kier molecular flexibility index (Phi) is 6.26. The van der Waals surface area contributed by atoms with E-state index in [0.717, 1.165) is 0 Å². The third-order valence-electron chi connectivity index (χ3n) is 4.98. The number of hydrogen-bond acceptors (Lipinski definition) is 4. The van der Waals surface area contributed by atoms with Crippen LogP contribution in [0, 0.1) is 5.92 Å². The van der Waals surface area contributed by atoms with Gasteiger partial charge in [0.05, 0.1) is 17.4 Å². The minimum atomic E-state index is -3.32. The number of para-hydroxylation sites is 1. The molecule has 2 aromatic rings. The maximum Gasteiger partial charge on any atom is 0.228 e. The summed E-state index contributed by atoms with van der Waals surface area (Å²) in [5.41, 5.74) is 1.40. The molecule has 3 rings (SSSR count). The molecule has 28 heavy (non-hydrogen) atoms. The first-order valence-electron chi connectivity index (χ1n) is 9.40. The van der Waals surface area contributed by atoms with Crippen LogP contribution in [0.3, 0.4) is 0 Å². The number of rotatable bonds is 6. The molecule has 0 radical (unpaired) electrons. The monoisotopic (exact) mass is 400 g/mol. The lowest BCUT2D eigenvalue weighted by molar-refractivity contribution is -0.120. The highest BCUT2D eigenvalue weighted by molar-refractivity contribution is 7.89. The first-order valence-corrected chi connectivity index (χ1v) is 11.0. The fourth-order valence-electron chi connectivity index (χ4n) is 3.36. The molecule has 0 bridgehead atoms. The van der Waals surface area contributed by atoms with Gasteiger partial charge < -0.3 is 5.32 Å².